The number of hydrogen-bond acceptors (Lipinski definition) is 4. The second-order valence-corrected chi connectivity index (χ2v) is 5.99. The zero-order valence-corrected chi connectivity index (χ0v) is 13.5. The standard InChI is InChI=1S/C15H29NO4/c1-6-7-12(8-9-13(17)19-5)10-11-16-14(18)20-15(2,3)4/h12H,6-11H2,1-5H3,(H,16,18). The first kappa shape index (κ1) is 18.7. The van der Waals surface area contributed by atoms with E-state index in [1.165, 1.54) is 7.11 Å². The lowest BCUT2D eigenvalue weighted by Crippen LogP contribution is -2.33. The number of ether oxygens (including phenoxy) is 2. The van der Waals surface area contributed by atoms with Crippen molar-refractivity contribution in [3.05, 3.63) is 0 Å². The normalized spacial score (nSPS) is 12.7. The third kappa shape index (κ3) is 10.6. The number of carbonyl (C=O) groups is 2. The van der Waals surface area contributed by atoms with Crippen LogP contribution in [0.4, 0.5) is 4.79 Å². The van der Waals surface area contributed by atoms with E-state index in [2.05, 4.69) is 17.0 Å². The average Bonchev–Trinajstić information content (AvgIpc) is 2.33. The van der Waals surface area contributed by atoms with E-state index in [9.17, 15) is 9.59 Å². The first-order valence-electron chi connectivity index (χ1n) is 7.32. The number of methoxy groups -OCH3 is 1. The predicted octanol–water partition coefficient (Wildman–Crippen LogP) is 3.27. The van der Waals surface area contributed by atoms with Gasteiger partial charge in [0.15, 0.2) is 0 Å². The Morgan fingerprint density at radius 3 is 2.30 bits per heavy atom. The quantitative estimate of drug-likeness (QED) is 0.696. The van der Waals surface area contributed by atoms with Crippen molar-refractivity contribution in [3.63, 3.8) is 0 Å². The molecule has 0 aliphatic heterocycles. The van der Waals surface area contributed by atoms with Gasteiger partial charge < -0.3 is 14.8 Å². The molecule has 0 radical (unpaired) electrons. The Kier molecular flexibility index (Phi) is 9.01. The lowest BCUT2D eigenvalue weighted by atomic mass is 9.94. The summed E-state index contributed by atoms with van der Waals surface area (Å²) >= 11 is 0. The summed E-state index contributed by atoms with van der Waals surface area (Å²) in [4.78, 5) is 22.7. The second-order valence-electron chi connectivity index (χ2n) is 5.99. The van der Waals surface area contributed by atoms with Crippen molar-refractivity contribution in [2.75, 3.05) is 13.7 Å². The van der Waals surface area contributed by atoms with Crippen LogP contribution < -0.4 is 5.32 Å². The first-order chi connectivity index (χ1) is 9.28. The highest BCUT2D eigenvalue weighted by molar-refractivity contribution is 5.69. The molecule has 1 N–H and O–H groups in total. The van der Waals surface area contributed by atoms with Gasteiger partial charge in [0.1, 0.15) is 5.60 Å². The Morgan fingerprint density at radius 1 is 1.15 bits per heavy atom. The molecule has 5 heteroatoms. The zero-order chi connectivity index (χ0) is 15.6. The molecule has 5 nitrogen and oxygen atoms in total. The minimum absolute atomic E-state index is 0.175. The number of nitrogens with one attached hydrogen (secondary N) is 1. The Hall–Kier alpha value is -1.26. The van der Waals surface area contributed by atoms with Gasteiger partial charge in [0, 0.05) is 13.0 Å². The van der Waals surface area contributed by atoms with Gasteiger partial charge in [0.05, 0.1) is 7.11 Å². The third-order valence-electron chi connectivity index (χ3n) is 2.90. The van der Waals surface area contributed by atoms with Crippen LogP contribution in [0.1, 0.15) is 59.8 Å². The summed E-state index contributed by atoms with van der Waals surface area (Å²) in [6.07, 6.45) is 3.82. The molecular weight excluding hydrogens is 258 g/mol. The minimum atomic E-state index is -0.474. The summed E-state index contributed by atoms with van der Waals surface area (Å²) in [5, 5.41) is 2.75. The Labute approximate surface area is 122 Å². The smallest absolute Gasteiger partial charge is 0.407 e. The summed E-state index contributed by atoms with van der Waals surface area (Å²) in [6.45, 7) is 8.20. The molecule has 0 aliphatic carbocycles. The number of hydrogen-bond donors (Lipinski definition) is 1. The van der Waals surface area contributed by atoms with E-state index in [-0.39, 0.29) is 12.1 Å². The van der Waals surface area contributed by atoms with Crippen LogP contribution in [0.5, 0.6) is 0 Å². The fourth-order valence-corrected chi connectivity index (χ4v) is 1.96. The van der Waals surface area contributed by atoms with Gasteiger partial charge in [-0.1, -0.05) is 19.8 Å². The van der Waals surface area contributed by atoms with Crippen molar-refractivity contribution < 1.29 is 19.1 Å². The number of rotatable bonds is 8. The summed E-state index contributed by atoms with van der Waals surface area (Å²) in [5.41, 5.74) is -0.474. The number of esters is 1. The molecule has 0 aliphatic rings. The summed E-state index contributed by atoms with van der Waals surface area (Å²) < 4.78 is 9.82. The maximum absolute atomic E-state index is 11.5. The van der Waals surface area contributed by atoms with Crippen LogP contribution >= 0.6 is 0 Å². The third-order valence-corrected chi connectivity index (χ3v) is 2.90. The van der Waals surface area contributed by atoms with Gasteiger partial charge in [0.25, 0.3) is 0 Å². The number of alkyl carbamates (subject to hydrolysis) is 1. The monoisotopic (exact) mass is 287 g/mol. The van der Waals surface area contributed by atoms with E-state index in [0.717, 1.165) is 25.7 Å². The predicted molar refractivity (Wildman–Crippen MR) is 78.5 cm³/mol. The maximum Gasteiger partial charge on any atom is 0.407 e. The highest BCUT2D eigenvalue weighted by Gasteiger charge is 2.16. The largest absolute Gasteiger partial charge is 0.469 e. The molecule has 0 fully saturated rings. The van der Waals surface area contributed by atoms with Crippen LogP contribution in [0.25, 0.3) is 0 Å². The topological polar surface area (TPSA) is 64.6 Å². The maximum atomic E-state index is 11.5. The van der Waals surface area contributed by atoms with Crippen LogP contribution in [-0.2, 0) is 14.3 Å². The van der Waals surface area contributed by atoms with Crippen molar-refractivity contribution in [1.82, 2.24) is 5.32 Å². The zero-order valence-electron chi connectivity index (χ0n) is 13.5. The van der Waals surface area contributed by atoms with Gasteiger partial charge in [-0.2, -0.15) is 0 Å². The molecule has 20 heavy (non-hydrogen) atoms. The molecule has 0 saturated carbocycles. The number of carbonyl (C=O) groups excluding carboxylic acids is 2. The van der Waals surface area contributed by atoms with E-state index in [1.54, 1.807) is 0 Å². The molecule has 0 bridgehead atoms. The first-order valence-corrected chi connectivity index (χ1v) is 7.32. The average molecular weight is 287 g/mol. The molecule has 1 unspecified atom stereocenters. The highest BCUT2D eigenvalue weighted by Crippen LogP contribution is 2.17. The van der Waals surface area contributed by atoms with Crippen LogP contribution in [0.3, 0.4) is 0 Å². The molecule has 0 aromatic carbocycles. The van der Waals surface area contributed by atoms with Crippen LogP contribution in [0.2, 0.25) is 0 Å². The lowest BCUT2D eigenvalue weighted by molar-refractivity contribution is -0.141. The van der Waals surface area contributed by atoms with Crippen LogP contribution in [-0.4, -0.2) is 31.3 Å². The summed E-state index contributed by atoms with van der Waals surface area (Å²) in [6, 6.07) is 0. The minimum Gasteiger partial charge on any atom is -0.469 e. The molecule has 0 aromatic heterocycles. The van der Waals surface area contributed by atoms with Crippen LogP contribution in [0, 0.1) is 5.92 Å². The Bertz CT molecular complexity index is 297. The van der Waals surface area contributed by atoms with Crippen molar-refractivity contribution in [3.8, 4) is 0 Å². The van der Waals surface area contributed by atoms with E-state index in [4.69, 9.17) is 4.74 Å². The Morgan fingerprint density at radius 2 is 1.80 bits per heavy atom. The van der Waals surface area contributed by atoms with E-state index < -0.39 is 5.60 Å². The van der Waals surface area contributed by atoms with Gasteiger partial charge in [-0.15, -0.1) is 0 Å². The molecule has 0 aromatic rings. The van der Waals surface area contributed by atoms with Gasteiger partial charge in [-0.05, 0) is 39.5 Å². The van der Waals surface area contributed by atoms with Crippen molar-refractivity contribution >= 4 is 12.1 Å². The molecule has 0 heterocycles. The molecular formula is C15H29NO4. The summed E-state index contributed by atoms with van der Waals surface area (Å²) in [7, 11) is 1.40. The molecule has 0 spiro atoms. The van der Waals surface area contributed by atoms with Gasteiger partial charge in [-0.25, -0.2) is 4.79 Å². The van der Waals surface area contributed by atoms with E-state index >= 15 is 0 Å². The van der Waals surface area contributed by atoms with Crippen molar-refractivity contribution in [2.24, 2.45) is 5.92 Å². The Balaban J connectivity index is 3.96. The van der Waals surface area contributed by atoms with Crippen LogP contribution in [0.15, 0.2) is 0 Å². The number of amides is 1. The lowest BCUT2D eigenvalue weighted by Gasteiger charge is -2.20. The highest BCUT2D eigenvalue weighted by atomic mass is 16.6. The van der Waals surface area contributed by atoms with Crippen molar-refractivity contribution in [1.29, 1.82) is 0 Å². The van der Waals surface area contributed by atoms with E-state index in [1.807, 2.05) is 20.8 Å². The van der Waals surface area contributed by atoms with Gasteiger partial charge in [0.2, 0.25) is 0 Å². The van der Waals surface area contributed by atoms with Gasteiger partial charge in [-0.3, -0.25) is 4.79 Å². The van der Waals surface area contributed by atoms with Gasteiger partial charge >= 0.3 is 12.1 Å². The molecule has 118 valence electrons. The van der Waals surface area contributed by atoms with Crippen molar-refractivity contribution in [2.45, 2.75) is 65.4 Å². The molecule has 1 atom stereocenters. The fraction of sp³-hybridized carbons (Fsp3) is 0.867. The molecule has 0 saturated heterocycles. The second kappa shape index (κ2) is 9.61. The molecule has 0 rings (SSSR count). The van der Waals surface area contributed by atoms with E-state index in [0.29, 0.717) is 18.9 Å². The summed E-state index contributed by atoms with van der Waals surface area (Å²) in [5.74, 6) is 0.250. The fourth-order valence-electron chi connectivity index (χ4n) is 1.96. The SMILES string of the molecule is CCCC(CCNC(=O)OC(C)(C)C)CCC(=O)OC. The molecule has 1 amide bonds.